The van der Waals surface area contributed by atoms with Gasteiger partial charge in [0.2, 0.25) is 0 Å². The fraction of sp³-hybridized carbons (Fsp3) is 0.182. The Balaban J connectivity index is 2.44. The van der Waals surface area contributed by atoms with Crippen molar-refractivity contribution in [3.63, 3.8) is 0 Å². The van der Waals surface area contributed by atoms with Crippen LogP contribution >= 0.6 is 50.2 Å². The Labute approximate surface area is 138 Å². The fourth-order valence-electron chi connectivity index (χ4n) is 1.46. The molecular weight excluding hydrogens is 404 g/mol. The molecule has 1 N–H and O–H groups in total. The van der Waals surface area contributed by atoms with Crippen LogP contribution in [0, 0.1) is 25.2 Å². The van der Waals surface area contributed by atoms with Crippen molar-refractivity contribution >= 4 is 65.2 Å². The summed E-state index contributed by atoms with van der Waals surface area (Å²) in [5.74, 6) is 0. The lowest BCUT2D eigenvalue weighted by Gasteiger charge is -2.03. The molecule has 20 heavy (non-hydrogen) atoms. The van der Waals surface area contributed by atoms with Crippen LogP contribution in [0.25, 0.3) is 0 Å². The van der Waals surface area contributed by atoms with Crippen LogP contribution in [0.1, 0.15) is 16.0 Å². The highest BCUT2D eigenvalue weighted by Gasteiger charge is 2.22. The number of hydrogen-bond donors (Lipinski definition) is 1. The third-order valence-corrected chi connectivity index (χ3v) is 8.16. The maximum Gasteiger partial charge on any atom is 0.272 e. The van der Waals surface area contributed by atoms with Gasteiger partial charge in [0, 0.05) is 4.88 Å². The van der Waals surface area contributed by atoms with Crippen LogP contribution in [-0.4, -0.2) is 8.42 Å². The van der Waals surface area contributed by atoms with Gasteiger partial charge < -0.3 is 0 Å². The van der Waals surface area contributed by atoms with Crippen LogP contribution in [0.2, 0.25) is 5.02 Å². The Hall–Kier alpha value is -0.590. The van der Waals surface area contributed by atoms with Crippen molar-refractivity contribution in [1.29, 1.82) is 5.26 Å². The molecule has 0 bridgehead atoms. The quantitative estimate of drug-likeness (QED) is 0.807. The summed E-state index contributed by atoms with van der Waals surface area (Å²) in [4.78, 5) is 0.907. The molecule has 106 valence electrons. The van der Waals surface area contributed by atoms with Crippen LogP contribution in [0.5, 0.6) is 0 Å². The fourth-order valence-corrected chi connectivity index (χ4v) is 6.18. The molecule has 9 heteroatoms. The first kappa shape index (κ1) is 15.8. The summed E-state index contributed by atoms with van der Waals surface area (Å²) in [5.41, 5.74) is 1.15. The van der Waals surface area contributed by atoms with E-state index in [1.54, 1.807) is 6.92 Å². The highest BCUT2D eigenvalue weighted by molar-refractivity contribution is 9.11. The average molecular weight is 412 g/mol. The van der Waals surface area contributed by atoms with Crippen LogP contribution in [-0.2, 0) is 10.0 Å². The molecule has 0 spiro atoms. The van der Waals surface area contributed by atoms with Crippen LogP contribution < -0.4 is 4.72 Å². The van der Waals surface area contributed by atoms with Crippen molar-refractivity contribution in [2.45, 2.75) is 18.1 Å². The number of sulfonamides is 1. The predicted molar refractivity (Wildman–Crippen MR) is 86.3 cm³/mol. The number of rotatable bonds is 3. The van der Waals surface area contributed by atoms with Gasteiger partial charge in [-0.05, 0) is 41.4 Å². The van der Waals surface area contributed by atoms with E-state index in [-0.39, 0.29) is 4.21 Å². The van der Waals surface area contributed by atoms with E-state index >= 15 is 0 Å². The van der Waals surface area contributed by atoms with E-state index in [2.05, 4.69) is 20.7 Å². The summed E-state index contributed by atoms with van der Waals surface area (Å²) >= 11 is 11.3. The van der Waals surface area contributed by atoms with Gasteiger partial charge in [0.1, 0.15) is 15.3 Å². The molecule has 0 aliphatic rings. The monoisotopic (exact) mass is 410 g/mol. The standard InChI is InChI=1S/C11H8BrClN2O2S3/c1-5-6(2)18-11(7(5)4-14)15-20(16,17)9-3-8(13)10(12)19-9/h3,15H,1-2H3. The zero-order valence-electron chi connectivity index (χ0n) is 10.3. The molecule has 0 aromatic carbocycles. The van der Waals surface area contributed by atoms with E-state index in [1.807, 2.05) is 13.0 Å². The number of nitriles is 1. The van der Waals surface area contributed by atoms with Gasteiger partial charge in [-0.15, -0.1) is 22.7 Å². The highest BCUT2D eigenvalue weighted by atomic mass is 79.9. The smallest absolute Gasteiger partial charge is 0.269 e. The number of nitrogens with zero attached hydrogens (tertiary/aromatic N) is 1. The molecule has 0 aliphatic carbocycles. The predicted octanol–water partition coefficient (Wildman–Crippen LogP) is 4.51. The molecule has 0 amide bonds. The van der Waals surface area contributed by atoms with E-state index < -0.39 is 10.0 Å². The van der Waals surface area contributed by atoms with Gasteiger partial charge in [0.05, 0.1) is 14.4 Å². The minimum absolute atomic E-state index is 0.0990. The molecule has 2 aromatic heterocycles. The van der Waals surface area contributed by atoms with Crippen molar-refractivity contribution in [2.24, 2.45) is 0 Å². The van der Waals surface area contributed by atoms with Gasteiger partial charge in [0.25, 0.3) is 10.0 Å². The first-order valence-electron chi connectivity index (χ1n) is 5.24. The van der Waals surface area contributed by atoms with Gasteiger partial charge in [-0.3, -0.25) is 4.72 Å². The van der Waals surface area contributed by atoms with Crippen molar-refractivity contribution in [1.82, 2.24) is 0 Å². The van der Waals surface area contributed by atoms with Crippen molar-refractivity contribution in [2.75, 3.05) is 4.72 Å². The van der Waals surface area contributed by atoms with Crippen molar-refractivity contribution in [3.8, 4) is 6.07 Å². The lowest BCUT2D eigenvalue weighted by Crippen LogP contribution is -2.11. The number of nitrogens with one attached hydrogen (secondary N) is 1. The average Bonchev–Trinajstić information content (AvgIpc) is 2.82. The first-order valence-corrected chi connectivity index (χ1v) is 9.52. The molecule has 0 saturated carbocycles. The maximum absolute atomic E-state index is 12.3. The Morgan fingerprint density at radius 1 is 1.40 bits per heavy atom. The number of thiophene rings is 2. The zero-order chi connectivity index (χ0) is 15.1. The largest absolute Gasteiger partial charge is 0.272 e. The molecular formula is C11H8BrClN2O2S3. The molecule has 0 saturated heterocycles. The molecule has 2 heterocycles. The van der Waals surface area contributed by atoms with E-state index in [9.17, 15) is 8.42 Å². The lowest BCUT2D eigenvalue weighted by molar-refractivity contribution is 0.603. The van der Waals surface area contributed by atoms with Gasteiger partial charge in [-0.1, -0.05) is 11.6 Å². The first-order chi connectivity index (χ1) is 9.26. The topological polar surface area (TPSA) is 70.0 Å². The summed E-state index contributed by atoms with van der Waals surface area (Å²) in [6.45, 7) is 3.64. The third-order valence-electron chi connectivity index (χ3n) is 2.61. The number of aryl methyl sites for hydroxylation is 1. The Bertz CT molecular complexity index is 798. The van der Waals surface area contributed by atoms with Crippen molar-refractivity contribution in [3.05, 3.63) is 30.9 Å². The lowest BCUT2D eigenvalue weighted by atomic mass is 10.2. The zero-order valence-corrected chi connectivity index (χ0v) is 15.1. The van der Waals surface area contributed by atoms with Crippen LogP contribution in [0.15, 0.2) is 14.1 Å². The molecule has 2 aromatic rings. The molecule has 0 fully saturated rings. The van der Waals surface area contributed by atoms with Gasteiger partial charge >= 0.3 is 0 Å². The summed E-state index contributed by atoms with van der Waals surface area (Å²) in [7, 11) is -3.74. The molecule has 4 nitrogen and oxygen atoms in total. The minimum atomic E-state index is -3.74. The van der Waals surface area contributed by atoms with Crippen LogP contribution in [0.4, 0.5) is 5.00 Å². The minimum Gasteiger partial charge on any atom is -0.269 e. The second-order valence-electron chi connectivity index (χ2n) is 3.89. The summed E-state index contributed by atoms with van der Waals surface area (Å²) in [6, 6.07) is 3.40. The van der Waals surface area contributed by atoms with E-state index in [0.717, 1.165) is 21.8 Å². The normalized spacial score (nSPS) is 11.3. The van der Waals surface area contributed by atoms with E-state index in [1.165, 1.54) is 17.4 Å². The summed E-state index contributed by atoms with van der Waals surface area (Å²) in [5, 5.41) is 9.80. The second kappa shape index (κ2) is 5.66. The summed E-state index contributed by atoms with van der Waals surface area (Å²) in [6.07, 6.45) is 0. The number of halogens is 2. The number of anilines is 1. The molecule has 0 aliphatic heterocycles. The molecule has 2 rings (SSSR count). The van der Waals surface area contributed by atoms with E-state index in [4.69, 9.17) is 16.9 Å². The highest BCUT2D eigenvalue weighted by Crippen LogP contribution is 2.37. The Kier molecular flexibility index (Phi) is 4.47. The third kappa shape index (κ3) is 2.87. The van der Waals surface area contributed by atoms with Crippen molar-refractivity contribution < 1.29 is 8.42 Å². The van der Waals surface area contributed by atoms with Gasteiger partial charge in [0.15, 0.2) is 0 Å². The van der Waals surface area contributed by atoms with Crippen LogP contribution in [0.3, 0.4) is 0 Å². The molecule has 0 unspecified atom stereocenters. The van der Waals surface area contributed by atoms with Gasteiger partial charge in [-0.2, -0.15) is 5.26 Å². The maximum atomic E-state index is 12.3. The second-order valence-corrected chi connectivity index (χ2v) is 9.80. The number of hydrogen-bond acceptors (Lipinski definition) is 5. The Morgan fingerprint density at radius 2 is 2.05 bits per heavy atom. The molecule has 0 radical (unpaired) electrons. The van der Waals surface area contributed by atoms with E-state index in [0.29, 0.717) is 19.4 Å². The van der Waals surface area contributed by atoms with Gasteiger partial charge in [-0.25, -0.2) is 8.42 Å². The summed E-state index contributed by atoms with van der Waals surface area (Å²) < 4.78 is 27.7. The SMILES string of the molecule is Cc1sc(NS(=O)(=O)c2cc(Cl)c(Br)s2)c(C#N)c1C. The molecule has 0 atom stereocenters. The Morgan fingerprint density at radius 3 is 2.55 bits per heavy atom.